The van der Waals surface area contributed by atoms with E-state index in [9.17, 15) is 18.0 Å². The fourth-order valence-electron chi connectivity index (χ4n) is 1.18. The second kappa shape index (κ2) is 4.87. The first-order valence-electron chi connectivity index (χ1n) is 4.55. The summed E-state index contributed by atoms with van der Waals surface area (Å²) in [5, 5.41) is 2.97. The maximum absolute atomic E-state index is 11.7. The van der Waals surface area contributed by atoms with Gasteiger partial charge in [0.15, 0.2) is 0 Å². The van der Waals surface area contributed by atoms with Crippen LogP contribution in [0.25, 0.3) is 0 Å². The normalized spacial score (nSPS) is 11.0. The maximum Gasteiger partial charge on any atom is 0.485 e. The van der Waals surface area contributed by atoms with Gasteiger partial charge in [0.05, 0.1) is 0 Å². The molecule has 0 radical (unpaired) electrons. The number of rotatable bonds is 2. The number of carbonyl (C=O) groups excluding carboxylic acids is 1. The highest BCUT2D eigenvalue weighted by molar-refractivity contribution is 5.74. The predicted molar refractivity (Wildman–Crippen MR) is 52.6 cm³/mol. The van der Waals surface area contributed by atoms with E-state index in [2.05, 4.69) is 5.32 Å². The van der Waals surface area contributed by atoms with Crippen LogP contribution in [0.1, 0.15) is 11.1 Å². The summed E-state index contributed by atoms with van der Waals surface area (Å²) in [6, 6.07) is 5.89. The molecule has 88 valence electrons. The zero-order chi connectivity index (χ0) is 12.2. The van der Waals surface area contributed by atoms with E-state index in [1.807, 2.05) is 13.0 Å². The molecule has 2 N–H and O–H groups in total. The molecule has 0 aliphatic rings. The van der Waals surface area contributed by atoms with E-state index in [4.69, 9.17) is 0 Å². The Labute approximate surface area is 90.6 Å². The molecule has 0 aliphatic carbocycles. The molecule has 3 nitrogen and oxygen atoms in total. The van der Waals surface area contributed by atoms with Crippen LogP contribution >= 0.6 is 0 Å². The van der Waals surface area contributed by atoms with Gasteiger partial charge in [-0.25, -0.2) is 10.1 Å². The van der Waals surface area contributed by atoms with E-state index < -0.39 is 12.3 Å². The van der Waals surface area contributed by atoms with Crippen LogP contribution in [0.4, 0.5) is 18.0 Å². The molecule has 2 amide bonds. The van der Waals surface area contributed by atoms with Crippen LogP contribution in [0.3, 0.4) is 0 Å². The first-order valence-corrected chi connectivity index (χ1v) is 4.55. The Balaban J connectivity index is 2.43. The van der Waals surface area contributed by atoms with Crippen molar-refractivity contribution in [3.05, 3.63) is 35.4 Å². The lowest BCUT2D eigenvalue weighted by Crippen LogP contribution is -2.43. The average molecular weight is 232 g/mol. The summed E-state index contributed by atoms with van der Waals surface area (Å²) in [7, 11) is 0. The summed E-state index contributed by atoms with van der Waals surface area (Å²) >= 11 is 0. The molecule has 0 atom stereocenters. The molecule has 0 bridgehead atoms. The number of urea groups is 1. The molecule has 0 saturated heterocycles. The molecular formula is C10H11F3N2O. The summed E-state index contributed by atoms with van der Waals surface area (Å²) in [5.41, 5.74) is 1.73. The second-order valence-corrected chi connectivity index (χ2v) is 3.29. The van der Waals surface area contributed by atoms with E-state index in [1.54, 1.807) is 18.2 Å². The Morgan fingerprint density at radius 3 is 2.62 bits per heavy atom. The smallest absolute Gasteiger partial charge is 0.334 e. The molecular weight excluding hydrogens is 221 g/mol. The standard InChI is InChI=1S/C10H11F3N2O/c1-7-3-2-4-8(5-7)6-14-9(16)15-10(11,12)13/h2-5H,6H2,1H3,(H2,14,15,16). The van der Waals surface area contributed by atoms with Crippen LogP contribution < -0.4 is 10.6 Å². The SMILES string of the molecule is Cc1cccc(CNC(=O)NC(F)(F)F)c1. The van der Waals surface area contributed by atoms with Gasteiger partial charge in [-0.3, -0.25) is 0 Å². The number of carbonyl (C=O) groups is 1. The number of aryl methyl sites for hydroxylation is 1. The predicted octanol–water partition coefficient (Wildman–Crippen LogP) is 2.31. The minimum atomic E-state index is -4.70. The molecule has 6 heteroatoms. The summed E-state index contributed by atoms with van der Waals surface area (Å²) in [5.74, 6) is 0. The van der Waals surface area contributed by atoms with E-state index in [0.29, 0.717) is 0 Å². The van der Waals surface area contributed by atoms with Gasteiger partial charge in [0.2, 0.25) is 0 Å². The second-order valence-electron chi connectivity index (χ2n) is 3.29. The van der Waals surface area contributed by atoms with Crippen molar-refractivity contribution in [1.82, 2.24) is 10.6 Å². The van der Waals surface area contributed by atoms with Gasteiger partial charge in [0.1, 0.15) is 0 Å². The lowest BCUT2D eigenvalue weighted by Gasteiger charge is -2.10. The Hall–Kier alpha value is -1.72. The molecule has 16 heavy (non-hydrogen) atoms. The molecule has 0 heterocycles. The third-order valence-corrected chi connectivity index (χ3v) is 1.79. The summed E-state index contributed by atoms with van der Waals surface area (Å²) < 4.78 is 35.2. The van der Waals surface area contributed by atoms with Crippen molar-refractivity contribution < 1.29 is 18.0 Å². The number of nitrogens with one attached hydrogen (secondary N) is 2. The first-order chi connectivity index (χ1) is 7.37. The molecule has 0 unspecified atom stereocenters. The third-order valence-electron chi connectivity index (χ3n) is 1.79. The van der Waals surface area contributed by atoms with Gasteiger partial charge in [0, 0.05) is 6.54 Å². The van der Waals surface area contributed by atoms with E-state index >= 15 is 0 Å². The van der Waals surface area contributed by atoms with Gasteiger partial charge >= 0.3 is 12.3 Å². The van der Waals surface area contributed by atoms with Crippen LogP contribution in [0.2, 0.25) is 0 Å². The fourth-order valence-corrected chi connectivity index (χ4v) is 1.18. The zero-order valence-electron chi connectivity index (χ0n) is 8.56. The molecule has 1 aromatic carbocycles. The Bertz CT molecular complexity index is 377. The van der Waals surface area contributed by atoms with Crippen LogP contribution in [0, 0.1) is 6.92 Å². The average Bonchev–Trinajstić information content (AvgIpc) is 2.12. The highest BCUT2D eigenvalue weighted by Gasteiger charge is 2.29. The monoisotopic (exact) mass is 232 g/mol. The molecule has 0 spiro atoms. The van der Waals surface area contributed by atoms with Gasteiger partial charge in [-0.05, 0) is 12.5 Å². The minimum absolute atomic E-state index is 0.0591. The highest BCUT2D eigenvalue weighted by atomic mass is 19.4. The van der Waals surface area contributed by atoms with Crippen molar-refractivity contribution in [2.75, 3.05) is 0 Å². The molecule has 0 fully saturated rings. The minimum Gasteiger partial charge on any atom is -0.334 e. The number of hydrogen-bond acceptors (Lipinski definition) is 1. The lowest BCUT2D eigenvalue weighted by molar-refractivity contribution is -0.145. The number of halogens is 3. The number of amides is 2. The maximum atomic E-state index is 11.7. The highest BCUT2D eigenvalue weighted by Crippen LogP contribution is 2.09. The fraction of sp³-hybridized carbons (Fsp3) is 0.300. The van der Waals surface area contributed by atoms with E-state index in [-0.39, 0.29) is 6.54 Å². The van der Waals surface area contributed by atoms with E-state index in [1.165, 1.54) is 0 Å². The molecule has 0 aliphatic heterocycles. The van der Waals surface area contributed by atoms with Gasteiger partial charge in [-0.15, -0.1) is 0 Å². The topological polar surface area (TPSA) is 41.1 Å². The van der Waals surface area contributed by atoms with Crippen LogP contribution in [-0.2, 0) is 6.54 Å². The van der Waals surface area contributed by atoms with Crippen molar-refractivity contribution in [2.45, 2.75) is 19.8 Å². The summed E-state index contributed by atoms with van der Waals surface area (Å²) in [6.07, 6.45) is -4.70. The lowest BCUT2D eigenvalue weighted by atomic mass is 10.1. The number of benzene rings is 1. The molecule has 0 aromatic heterocycles. The largest absolute Gasteiger partial charge is 0.485 e. The quantitative estimate of drug-likeness (QED) is 0.755. The third kappa shape index (κ3) is 4.68. The number of alkyl halides is 3. The summed E-state index contributed by atoms with van der Waals surface area (Å²) in [6.45, 7) is 1.92. The van der Waals surface area contributed by atoms with Crippen molar-refractivity contribution in [3.8, 4) is 0 Å². The molecule has 1 aromatic rings. The molecule has 0 saturated carbocycles. The Morgan fingerprint density at radius 1 is 1.38 bits per heavy atom. The van der Waals surface area contributed by atoms with Crippen LogP contribution in [-0.4, -0.2) is 12.3 Å². The Kier molecular flexibility index (Phi) is 3.76. The number of hydrogen-bond donors (Lipinski definition) is 2. The van der Waals surface area contributed by atoms with Crippen LogP contribution in [0.15, 0.2) is 24.3 Å². The first kappa shape index (κ1) is 12.4. The van der Waals surface area contributed by atoms with Gasteiger partial charge < -0.3 is 5.32 Å². The van der Waals surface area contributed by atoms with Crippen molar-refractivity contribution in [2.24, 2.45) is 0 Å². The summed E-state index contributed by atoms with van der Waals surface area (Å²) in [4.78, 5) is 10.8. The van der Waals surface area contributed by atoms with E-state index in [0.717, 1.165) is 16.4 Å². The van der Waals surface area contributed by atoms with Gasteiger partial charge in [-0.2, -0.15) is 13.2 Å². The van der Waals surface area contributed by atoms with Crippen molar-refractivity contribution in [1.29, 1.82) is 0 Å². The van der Waals surface area contributed by atoms with Crippen LogP contribution in [0.5, 0.6) is 0 Å². The molecule has 1 rings (SSSR count). The van der Waals surface area contributed by atoms with Crippen molar-refractivity contribution in [3.63, 3.8) is 0 Å². The zero-order valence-corrected chi connectivity index (χ0v) is 8.56. The van der Waals surface area contributed by atoms with Crippen molar-refractivity contribution >= 4 is 6.03 Å². The Morgan fingerprint density at radius 2 is 2.06 bits per heavy atom. The van der Waals surface area contributed by atoms with Gasteiger partial charge in [-0.1, -0.05) is 29.8 Å². The van der Waals surface area contributed by atoms with Gasteiger partial charge in [0.25, 0.3) is 0 Å².